The van der Waals surface area contributed by atoms with Crippen LogP contribution in [0.25, 0.3) is 10.9 Å². The van der Waals surface area contributed by atoms with E-state index in [-0.39, 0.29) is 24.0 Å². The number of aromatic nitrogens is 1. The van der Waals surface area contributed by atoms with E-state index in [1.54, 1.807) is 4.90 Å². The number of primary amides is 1. The van der Waals surface area contributed by atoms with Gasteiger partial charge in [0.2, 0.25) is 0 Å². The molecule has 1 aromatic carbocycles. The molecule has 1 fully saturated rings. The van der Waals surface area contributed by atoms with Crippen LogP contribution >= 0.6 is 12.4 Å². The minimum Gasteiger partial charge on any atom is -0.391 e. The number of carbonyl (C=O) groups excluding carboxylic acids is 1. The van der Waals surface area contributed by atoms with Crippen molar-refractivity contribution in [2.24, 2.45) is 11.5 Å². The molecule has 6 nitrogen and oxygen atoms in total. The van der Waals surface area contributed by atoms with E-state index in [4.69, 9.17) is 11.5 Å². The number of aryl methyl sites for hydroxylation is 2. The lowest BCUT2D eigenvalue weighted by Gasteiger charge is -2.36. The normalized spacial score (nSPS) is 21.0. The summed E-state index contributed by atoms with van der Waals surface area (Å²) in [5, 5.41) is 10.6. The summed E-state index contributed by atoms with van der Waals surface area (Å²) < 4.78 is 14.8. The minimum atomic E-state index is -0.683. The number of aliphatic hydroxyl groups is 1. The Morgan fingerprint density at radius 2 is 2.08 bits per heavy atom. The van der Waals surface area contributed by atoms with Gasteiger partial charge < -0.3 is 26.5 Å². The molecule has 1 aliphatic heterocycles. The average Bonchev–Trinajstić information content (AvgIpc) is 2.73. The van der Waals surface area contributed by atoms with Gasteiger partial charge in [-0.25, -0.2) is 4.39 Å². The van der Waals surface area contributed by atoms with Crippen molar-refractivity contribution in [3.05, 3.63) is 28.7 Å². The molecule has 0 aliphatic carbocycles. The van der Waals surface area contributed by atoms with Crippen LogP contribution in [0.1, 0.15) is 28.0 Å². The number of carbonyl (C=O) groups is 1. The van der Waals surface area contributed by atoms with Crippen LogP contribution in [-0.2, 0) is 0 Å². The summed E-state index contributed by atoms with van der Waals surface area (Å²) in [4.78, 5) is 16.5. The Hall–Kier alpha value is -1.83. The molecule has 2 atom stereocenters. The Bertz CT molecular complexity index is 782. The largest absolute Gasteiger partial charge is 0.391 e. The number of fused-ring (bicyclic) bond motifs is 1. The maximum absolute atomic E-state index is 14.8. The summed E-state index contributed by atoms with van der Waals surface area (Å²) in [6.07, 6.45) is -0.115. The van der Waals surface area contributed by atoms with Crippen LogP contribution in [0.5, 0.6) is 0 Å². The van der Waals surface area contributed by atoms with Crippen molar-refractivity contribution in [3.8, 4) is 0 Å². The first-order chi connectivity index (χ1) is 10.8. The Balaban J connectivity index is 0.00000208. The highest BCUT2D eigenvalue weighted by atomic mass is 35.5. The number of anilines is 1. The first-order valence-electron chi connectivity index (χ1n) is 7.59. The molecule has 1 aliphatic rings. The quantitative estimate of drug-likeness (QED) is 0.651. The number of piperidine rings is 1. The zero-order chi connectivity index (χ0) is 16.9. The molecule has 0 radical (unpaired) electrons. The molecule has 24 heavy (non-hydrogen) atoms. The number of halogens is 2. The SMILES string of the molecule is Cc1[nH]c2c(C(N)=O)cc(F)c(N3C[C@@H](N)C[C@@H](O)C3)c2c1C.Cl. The van der Waals surface area contributed by atoms with E-state index in [2.05, 4.69) is 4.98 Å². The summed E-state index contributed by atoms with van der Waals surface area (Å²) in [5.74, 6) is -1.22. The van der Waals surface area contributed by atoms with Crippen molar-refractivity contribution in [2.45, 2.75) is 32.4 Å². The Labute approximate surface area is 145 Å². The Morgan fingerprint density at radius 1 is 1.42 bits per heavy atom. The number of benzene rings is 1. The fraction of sp³-hybridized carbons (Fsp3) is 0.438. The second-order valence-electron chi connectivity index (χ2n) is 6.30. The highest BCUT2D eigenvalue weighted by Gasteiger charge is 2.29. The van der Waals surface area contributed by atoms with E-state index >= 15 is 0 Å². The fourth-order valence-electron chi connectivity index (χ4n) is 3.40. The maximum atomic E-state index is 14.8. The highest BCUT2D eigenvalue weighted by Crippen LogP contribution is 2.37. The van der Waals surface area contributed by atoms with Crippen molar-refractivity contribution in [1.29, 1.82) is 0 Å². The zero-order valence-electron chi connectivity index (χ0n) is 13.6. The van der Waals surface area contributed by atoms with Crippen LogP contribution in [-0.4, -0.2) is 41.2 Å². The molecule has 132 valence electrons. The van der Waals surface area contributed by atoms with Crippen molar-refractivity contribution in [1.82, 2.24) is 4.98 Å². The third-order valence-electron chi connectivity index (χ3n) is 4.55. The lowest BCUT2D eigenvalue weighted by atomic mass is 9.99. The van der Waals surface area contributed by atoms with Gasteiger partial charge in [0.1, 0.15) is 5.82 Å². The van der Waals surface area contributed by atoms with Crippen LogP contribution in [0.4, 0.5) is 10.1 Å². The summed E-state index contributed by atoms with van der Waals surface area (Å²) in [5.41, 5.74) is 14.1. The molecular weight excluding hydrogens is 335 g/mol. The van der Waals surface area contributed by atoms with Gasteiger partial charge >= 0.3 is 0 Å². The summed E-state index contributed by atoms with van der Waals surface area (Å²) in [7, 11) is 0. The third-order valence-corrected chi connectivity index (χ3v) is 4.55. The van der Waals surface area contributed by atoms with E-state index in [1.165, 1.54) is 0 Å². The average molecular weight is 357 g/mol. The van der Waals surface area contributed by atoms with Gasteiger partial charge in [-0.2, -0.15) is 0 Å². The molecule has 1 aromatic heterocycles. The predicted octanol–water partition coefficient (Wildman–Crippen LogP) is 1.34. The fourth-order valence-corrected chi connectivity index (χ4v) is 3.40. The highest BCUT2D eigenvalue weighted by molar-refractivity contribution is 6.10. The van der Waals surface area contributed by atoms with Gasteiger partial charge in [0.25, 0.3) is 5.91 Å². The number of hydrogen-bond donors (Lipinski definition) is 4. The number of hydrogen-bond acceptors (Lipinski definition) is 4. The zero-order valence-corrected chi connectivity index (χ0v) is 14.4. The van der Waals surface area contributed by atoms with Crippen LogP contribution in [0, 0.1) is 19.7 Å². The van der Waals surface area contributed by atoms with E-state index in [1.807, 2.05) is 13.8 Å². The molecule has 8 heteroatoms. The van der Waals surface area contributed by atoms with Gasteiger partial charge in [0.15, 0.2) is 0 Å². The molecule has 1 saturated heterocycles. The van der Waals surface area contributed by atoms with E-state index in [9.17, 15) is 14.3 Å². The topological polar surface area (TPSA) is 108 Å². The number of aliphatic hydroxyl groups excluding tert-OH is 1. The lowest BCUT2D eigenvalue weighted by molar-refractivity contribution is 0.100. The van der Waals surface area contributed by atoms with Crippen LogP contribution in [0.3, 0.4) is 0 Å². The lowest BCUT2D eigenvalue weighted by Crippen LogP contribution is -2.49. The van der Waals surface area contributed by atoms with Crippen molar-refractivity contribution < 1.29 is 14.3 Å². The predicted molar refractivity (Wildman–Crippen MR) is 94.3 cm³/mol. The van der Waals surface area contributed by atoms with Gasteiger partial charge in [0, 0.05) is 30.2 Å². The number of nitrogens with zero attached hydrogens (tertiary/aromatic N) is 1. The molecular formula is C16H22ClFN4O2. The number of aromatic amines is 1. The number of rotatable bonds is 2. The van der Waals surface area contributed by atoms with Crippen molar-refractivity contribution >= 4 is 34.9 Å². The summed E-state index contributed by atoms with van der Waals surface area (Å²) in [6.45, 7) is 4.47. The van der Waals surface area contributed by atoms with Crippen LogP contribution in [0.2, 0.25) is 0 Å². The van der Waals surface area contributed by atoms with Crippen molar-refractivity contribution in [3.63, 3.8) is 0 Å². The van der Waals surface area contributed by atoms with E-state index in [0.29, 0.717) is 36.1 Å². The second kappa shape index (κ2) is 6.58. The number of H-pyrrole nitrogens is 1. The number of nitrogens with one attached hydrogen (secondary N) is 1. The molecule has 6 N–H and O–H groups in total. The van der Waals surface area contributed by atoms with Crippen LogP contribution in [0.15, 0.2) is 6.07 Å². The van der Waals surface area contributed by atoms with E-state index < -0.39 is 17.8 Å². The summed E-state index contributed by atoms with van der Waals surface area (Å²) >= 11 is 0. The van der Waals surface area contributed by atoms with Crippen molar-refractivity contribution in [2.75, 3.05) is 18.0 Å². The van der Waals surface area contributed by atoms with Gasteiger partial charge in [-0.05, 0) is 31.9 Å². The maximum Gasteiger partial charge on any atom is 0.250 e. The van der Waals surface area contributed by atoms with Gasteiger partial charge in [-0.15, -0.1) is 12.4 Å². The molecule has 2 heterocycles. The molecule has 0 bridgehead atoms. The molecule has 2 aromatic rings. The monoisotopic (exact) mass is 356 g/mol. The number of β-amino-alcohol motifs (C(OH)–C–C–N with tert-alkyl or cyclic N) is 1. The molecule has 1 amide bonds. The van der Waals surface area contributed by atoms with Gasteiger partial charge in [-0.1, -0.05) is 0 Å². The molecule has 3 rings (SSSR count). The summed E-state index contributed by atoms with van der Waals surface area (Å²) in [6, 6.07) is 0.923. The second-order valence-corrected chi connectivity index (χ2v) is 6.30. The van der Waals surface area contributed by atoms with Gasteiger partial charge in [-0.3, -0.25) is 4.79 Å². The standard InChI is InChI=1S/C16H21FN4O2.ClH/c1-7-8(2)20-14-11(16(19)23)4-12(17)15(13(7)14)21-5-9(18)3-10(22)6-21;/h4,9-10,20,22H,3,5-6,18H2,1-2H3,(H2,19,23);1H/t9-,10+;/m0./s1. The molecule has 0 saturated carbocycles. The molecule has 0 unspecified atom stereocenters. The minimum absolute atomic E-state index is 0. The van der Waals surface area contributed by atoms with E-state index in [0.717, 1.165) is 17.3 Å². The van der Waals surface area contributed by atoms with Gasteiger partial charge in [0.05, 0.1) is 22.9 Å². The first kappa shape index (κ1) is 18.5. The smallest absolute Gasteiger partial charge is 0.250 e. The Morgan fingerprint density at radius 3 is 2.67 bits per heavy atom. The van der Waals surface area contributed by atoms with Crippen LogP contribution < -0.4 is 16.4 Å². The molecule has 0 spiro atoms. The first-order valence-corrected chi connectivity index (χ1v) is 7.59. The number of amides is 1. The number of nitrogens with two attached hydrogens (primary N) is 2. The Kier molecular flexibility index (Phi) is 5.08. The third kappa shape index (κ3) is 2.94.